The highest BCUT2D eigenvalue weighted by Crippen LogP contribution is 2.37. The van der Waals surface area contributed by atoms with E-state index in [4.69, 9.17) is 0 Å². The van der Waals surface area contributed by atoms with Gasteiger partial charge in [-0.3, -0.25) is 4.79 Å². The molecule has 0 radical (unpaired) electrons. The number of amides is 1. The standard InChI is InChI=1S/C15H22N2OS/c1-11-9-13(19-12(11)2)14(18)17-7-4-15(5-8-17)3-6-16-10-15/h9,16H,3-8,10H2,1-2H3. The zero-order valence-corrected chi connectivity index (χ0v) is 12.6. The van der Waals surface area contributed by atoms with E-state index in [-0.39, 0.29) is 5.91 Å². The minimum absolute atomic E-state index is 0.238. The molecule has 0 bridgehead atoms. The van der Waals surface area contributed by atoms with Crippen molar-refractivity contribution in [3.63, 3.8) is 0 Å². The zero-order valence-electron chi connectivity index (χ0n) is 11.8. The van der Waals surface area contributed by atoms with Crippen molar-refractivity contribution in [3.05, 3.63) is 21.4 Å². The van der Waals surface area contributed by atoms with Gasteiger partial charge >= 0.3 is 0 Å². The van der Waals surface area contributed by atoms with Crippen LogP contribution in [-0.4, -0.2) is 37.0 Å². The van der Waals surface area contributed by atoms with Crippen molar-refractivity contribution in [3.8, 4) is 0 Å². The monoisotopic (exact) mass is 278 g/mol. The van der Waals surface area contributed by atoms with E-state index in [1.54, 1.807) is 11.3 Å². The first kappa shape index (κ1) is 13.1. The molecular weight excluding hydrogens is 256 g/mol. The summed E-state index contributed by atoms with van der Waals surface area (Å²) in [6.45, 7) is 8.32. The molecule has 0 saturated carbocycles. The van der Waals surface area contributed by atoms with Gasteiger partial charge in [0.05, 0.1) is 4.88 Å². The Morgan fingerprint density at radius 3 is 2.58 bits per heavy atom. The Labute approximate surface area is 119 Å². The van der Waals surface area contributed by atoms with E-state index in [0.717, 1.165) is 43.9 Å². The quantitative estimate of drug-likeness (QED) is 0.856. The van der Waals surface area contributed by atoms with Gasteiger partial charge in [0.2, 0.25) is 0 Å². The average molecular weight is 278 g/mol. The minimum atomic E-state index is 0.238. The molecule has 1 spiro atoms. The lowest BCUT2D eigenvalue weighted by Gasteiger charge is -2.38. The molecule has 2 aliphatic heterocycles. The molecule has 1 N–H and O–H groups in total. The Bertz CT molecular complexity index is 459. The summed E-state index contributed by atoms with van der Waals surface area (Å²) in [6.07, 6.45) is 3.61. The number of carbonyl (C=O) groups excluding carboxylic acids is 1. The fourth-order valence-corrected chi connectivity index (χ4v) is 4.24. The molecule has 0 atom stereocenters. The molecule has 1 aromatic heterocycles. The molecule has 2 saturated heterocycles. The minimum Gasteiger partial charge on any atom is -0.338 e. The van der Waals surface area contributed by atoms with E-state index < -0.39 is 0 Å². The first-order valence-corrected chi connectivity index (χ1v) is 7.98. The van der Waals surface area contributed by atoms with Crippen molar-refractivity contribution in [2.45, 2.75) is 33.1 Å². The normalized spacial score (nSPS) is 22.1. The van der Waals surface area contributed by atoms with Crippen LogP contribution >= 0.6 is 11.3 Å². The third-order valence-corrected chi connectivity index (χ3v) is 5.96. The van der Waals surface area contributed by atoms with Crippen LogP contribution in [0.5, 0.6) is 0 Å². The molecule has 3 rings (SSSR count). The number of piperidine rings is 1. The van der Waals surface area contributed by atoms with Gasteiger partial charge in [-0.1, -0.05) is 0 Å². The lowest BCUT2D eigenvalue weighted by atomic mass is 9.78. The highest BCUT2D eigenvalue weighted by atomic mass is 32.1. The maximum absolute atomic E-state index is 12.5. The van der Waals surface area contributed by atoms with Gasteiger partial charge in [0, 0.05) is 24.5 Å². The second-order valence-corrected chi connectivity index (χ2v) is 7.33. The Morgan fingerprint density at radius 2 is 2.05 bits per heavy atom. The number of aryl methyl sites for hydroxylation is 2. The highest BCUT2D eigenvalue weighted by molar-refractivity contribution is 7.14. The number of rotatable bonds is 1. The second-order valence-electron chi connectivity index (χ2n) is 6.07. The Hall–Kier alpha value is -0.870. The summed E-state index contributed by atoms with van der Waals surface area (Å²) in [5.41, 5.74) is 1.72. The van der Waals surface area contributed by atoms with Crippen LogP contribution in [0, 0.1) is 19.3 Å². The molecule has 1 aromatic rings. The van der Waals surface area contributed by atoms with Crippen LogP contribution in [0.1, 0.15) is 39.4 Å². The van der Waals surface area contributed by atoms with Crippen molar-refractivity contribution in [1.82, 2.24) is 10.2 Å². The van der Waals surface area contributed by atoms with Gasteiger partial charge in [0.15, 0.2) is 0 Å². The molecule has 19 heavy (non-hydrogen) atoms. The largest absolute Gasteiger partial charge is 0.338 e. The fraction of sp³-hybridized carbons (Fsp3) is 0.667. The number of hydrogen-bond donors (Lipinski definition) is 1. The average Bonchev–Trinajstić information content (AvgIpc) is 2.98. The van der Waals surface area contributed by atoms with Gasteiger partial charge in [-0.2, -0.15) is 0 Å². The first-order valence-electron chi connectivity index (χ1n) is 7.17. The van der Waals surface area contributed by atoms with Crippen LogP contribution < -0.4 is 5.32 Å². The van der Waals surface area contributed by atoms with Gasteiger partial charge in [-0.25, -0.2) is 0 Å². The summed E-state index contributed by atoms with van der Waals surface area (Å²) in [4.78, 5) is 16.7. The third kappa shape index (κ3) is 2.43. The van der Waals surface area contributed by atoms with Crippen LogP contribution in [0.3, 0.4) is 0 Å². The molecule has 0 aromatic carbocycles. The van der Waals surface area contributed by atoms with Gasteiger partial charge < -0.3 is 10.2 Å². The summed E-state index contributed by atoms with van der Waals surface area (Å²) in [6, 6.07) is 2.05. The van der Waals surface area contributed by atoms with Crippen LogP contribution in [0.15, 0.2) is 6.07 Å². The van der Waals surface area contributed by atoms with E-state index in [9.17, 15) is 4.79 Å². The van der Waals surface area contributed by atoms with E-state index in [1.165, 1.54) is 16.9 Å². The number of thiophene rings is 1. The predicted molar refractivity (Wildman–Crippen MR) is 78.9 cm³/mol. The molecule has 1 amide bonds. The van der Waals surface area contributed by atoms with E-state index in [0.29, 0.717) is 5.41 Å². The maximum atomic E-state index is 12.5. The fourth-order valence-electron chi connectivity index (χ4n) is 3.24. The number of carbonyl (C=O) groups is 1. The van der Waals surface area contributed by atoms with Gasteiger partial charge in [0.25, 0.3) is 5.91 Å². The molecule has 0 unspecified atom stereocenters. The third-order valence-electron chi connectivity index (χ3n) is 4.82. The molecule has 104 valence electrons. The number of hydrogen-bond acceptors (Lipinski definition) is 3. The number of likely N-dealkylation sites (tertiary alicyclic amines) is 1. The predicted octanol–water partition coefficient (Wildman–Crippen LogP) is 2.58. The van der Waals surface area contributed by atoms with Gasteiger partial charge in [-0.15, -0.1) is 11.3 Å². The van der Waals surface area contributed by atoms with Crippen molar-refractivity contribution in [2.75, 3.05) is 26.2 Å². The summed E-state index contributed by atoms with van der Waals surface area (Å²) in [5, 5.41) is 3.47. The van der Waals surface area contributed by atoms with Gasteiger partial charge in [-0.05, 0) is 56.7 Å². The molecule has 3 nitrogen and oxygen atoms in total. The van der Waals surface area contributed by atoms with E-state index in [2.05, 4.69) is 19.2 Å². The van der Waals surface area contributed by atoms with Gasteiger partial charge in [0.1, 0.15) is 0 Å². The van der Waals surface area contributed by atoms with Crippen molar-refractivity contribution in [2.24, 2.45) is 5.41 Å². The summed E-state index contributed by atoms with van der Waals surface area (Å²) < 4.78 is 0. The van der Waals surface area contributed by atoms with E-state index in [1.807, 2.05) is 11.0 Å². The lowest BCUT2D eigenvalue weighted by molar-refractivity contribution is 0.0612. The number of nitrogens with one attached hydrogen (secondary N) is 1. The zero-order chi connectivity index (χ0) is 13.5. The van der Waals surface area contributed by atoms with Crippen LogP contribution in [0.2, 0.25) is 0 Å². The van der Waals surface area contributed by atoms with Crippen molar-refractivity contribution >= 4 is 17.2 Å². The van der Waals surface area contributed by atoms with Crippen molar-refractivity contribution in [1.29, 1.82) is 0 Å². The van der Waals surface area contributed by atoms with Crippen molar-refractivity contribution < 1.29 is 4.79 Å². The molecule has 2 fully saturated rings. The molecule has 4 heteroatoms. The van der Waals surface area contributed by atoms with Crippen LogP contribution in [0.4, 0.5) is 0 Å². The number of nitrogens with zero attached hydrogens (tertiary/aromatic N) is 1. The topological polar surface area (TPSA) is 32.3 Å². The Balaban J connectivity index is 1.66. The SMILES string of the molecule is Cc1cc(C(=O)N2CCC3(CCNC3)CC2)sc1C. The highest BCUT2D eigenvalue weighted by Gasteiger charge is 2.38. The summed E-state index contributed by atoms with van der Waals surface area (Å²) in [5.74, 6) is 0.238. The maximum Gasteiger partial charge on any atom is 0.263 e. The molecule has 3 heterocycles. The lowest BCUT2D eigenvalue weighted by Crippen LogP contribution is -2.43. The first-order chi connectivity index (χ1) is 9.10. The smallest absolute Gasteiger partial charge is 0.263 e. The summed E-state index contributed by atoms with van der Waals surface area (Å²) in [7, 11) is 0. The van der Waals surface area contributed by atoms with Crippen LogP contribution in [0.25, 0.3) is 0 Å². The molecule has 0 aliphatic carbocycles. The Morgan fingerprint density at radius 1 is 1.32 bits per heavy atom. The van der Waals surface area contributed by atoms with Crippen LogP contribution in [-0.2, 0) is 0 Å². The summed E-state index contributed by atoms with van der Waals surface area (Å²) >= 11 is 1.64. The molecule has 2 aliphatic rings. The Kier molecular flexibility index (Phi) is 3.39. The van der Waals surface area contributed by atoms with E-state index >= 15 is 0 Å². The second kappa shape index (κ2) is 4.91. The molecular formula is C15H22N2OS.